The highest BCUT2D eigenvalue weighted by molar-refractivity contribution is 7.99. The maximum atomic E-state index is 10.9. The summed E-state index contributed by atoms with van der Waals surface area (Å²) in [7, 11) is 3.15. The number of benzene rings is 1. The van der Waals surface area contributed by atoms with Crippen molar-refractivity contribution in [3.05, 3.63) is 18.2 Å². The maximum absolute atomic E-state index is 10.9. The molecule has 2 rings (SSSR count). The Morgan fingerprint density at radius 1 is 1.24 bits per heavy atom. The van der Waals surface area contributed by atoms with Gasteiger partial charge in [-0.2, -0.15) is 0 Å². The predicted molar refractivity (Wildman–Crippen MR) is 78.9 cm³/mol. The molecule has 0 fully saturated rings. The molecule has 0 amide bonds. The lowest BCUT2D eigenvalue weighted by Gasteiger charge is -2.07. The van der Waals surface area contributed by atoms with Crippen molar-refractivity contribution in [3.8, 4) is 23.0 Å². The Hall–Kier alpha value is -2.02. The molecule has 0 saturated carbocycles. The van der Waals surface area contributed by atoms with Crippen LogP contribution in [-0.2, 0) is 4.79 Å². The average Bonchev–Trinajstić information content (AvgIpc) is 2.95. The van der Waals surface area contributed by atoms with E-state index in [1.54, 1.807) is 33.3 Å². The number of carbonyl (C=O) groups excluding carboxylic acids is 1. The van der Waals surface area contributed by atoms with E-state index in [0.29, 0.717) is 34.8 Å². The van der Waals surface area contributed by atoms with Crippen molar-refractivity contribution in [1.29, 1.82) is 0 Å². The fourth-order valence-electron chi connectivity index (χ4n) is 1.64. The lowest BCUT2D eigenvalue weighted by molar-refractivity contribution is -0.116. The molecule has 0 atom stereocenters. The van der Waals surface area contributed by atoms with E-state index in [9.17, 15) is 4.79 Å². The third kappa shape index (κ3) is 3.98. The molecule has 0 spiro atoms. The number of hydrogen-bond donors (Lipinski definition) is 0. The van der Waals surface area contributed by atoms with Crippen molar-refractivity contribution in [2.24, 2.45) is 0 Å². The molecule has 0 unspecified atom stereocenters. The van der Waals surface area contributed by atoms with Gasteiger partial charge in [0.15, 0.2) is 11.5 Å². The topological polar surface area (TPSA) is 74.5 Å². The number of rotatable bonds is 7. The van der Waals surface area contributed by atoms with Gasteiger partial charge in [0, 0.05) is 17.7 Å². The fraction of sp³-hybridized carbons (Fsp3) is 0.357. The second kappa shape index (κ2) is 7.12. The monoisotopic (exact) mass is 308 g/mol. The van der Waals surface area contributed by atoms with Crippen LogP contribution in [0.25, 0.3) is 11.5 Å². The minimum absolute atomic E-state index is 0.141. The number of aromatic nitrogens is 2. The van der Waals surface area contributed by atoms with Crippen LogP contribution in [0.3, 0.4) is 0 Å². The number of hydrogen-bond acceptors (Lipinski definition) is 7. The second-order valence-corrected chi connectivity index (χ2v) is 5.29. The quantitative estimate of drug-likeness (QED) is 0.728. The summed E-state index contributed by atoms with van der Waals surface area (Å²) in [4.78, 5) is 10.9. The number of ketones is 1. The van der Waals surface area contributed by atoms with Gasteiger partial charge in [-0.15, -0.1) is 10.2 Å². The first-order valence-corrected chi connectivity index (χ1v) is 7.30. The molecule has 0 aliphatic rings. The van der Waals surface area contributed by atoms with Crippen LogP contribution in [0.2, 0.25) is 0 Å². The highest BCUT2D eigenvalue weighted by Crippen LogP contribution is 2.32. The van der Waals surface area contributed by atoms with Crippen LogP contribution < -0.4 is 9.47 Å². The van der Waals surface area contributed by atoms with E-state index >= 15 is 0 Å². The third-order valence-corrected chi connectivity index (χ3v) is 3.54. The number of nitrogens with zero attached hydrogens (tertiary/aromatic N) is 2. The Kier molecular flexibility index (Phi) is 5.21. The van der Waals surface area contributed by atoms with Crippen molar-refractivity contribution in [3.63, 3.8) is 0 Å². The van der Waals surface area contributed by atoms with Crippen LogP contribution in [0.15, 0.2) is 27.8 Å². The van der Waals surface area contributed by atoms with Crippen LogP contribution in [-0.4, -0.2) is 36.0 Å². The van der Waals surface area contributed by atoms with Crippen LogP contribution in [0.1, 0.15) is 13.3 Å². The Bertz CT molecular complexity index is 627. The normalized spacial score (nSPS) is 10.4. The molecule has 1 aromatic heterocycles. The van der Waals surface area contributed by atoms with Crippen LogP contribution in [0, 0.1) is 0 Å². The first-order chi connectivity index (χ1) is 10.1. The zero-order chi connectivity index (χ0) is 15.2. The van der Waals surface area contributed by atoms with Gasteiger partial charge in [-0.25, -0.2) is 0 Å². The van der Waals surface area contributed by atoms with E-state index in [2.05, 4.69) is 10.2 Å². The molecule has 1 aromatic carbocycles. The van der Waals surface area contributed by atoms with Crippen molar-refractivity contribution < 1.29 is 18.7 Å². The molecule has 7 heteroatoms. The summed E-state index contributed by atoms with van der Waals surface area (Å²) in [5.74, 6) is 2.40. The van der Waals surface area contributed by atoms with Crippen molar-refractivity contribution in [2.45, 2.75) is 18.6 Å². The van der Waals surface area contributed by atoms with E-state index in [1.165, 1.54) is 11.8 Å². The average molecular weight is 308 g/mol. The fourth-order valence-corrected chi connectivity index (χ4v) is 2.44. The highest BCUT2D eigenvalue weighted by atomic mass is 32.2. The van der Waals surface area contributed by atoms with E-state index in [-0.39, 0.29) is 5.78 Å². The molecule has 0 aliphatic carbocycles. The van der Waals surface area contributed by atoms with Gasteiger partial charge in [-0.3, -0.25) is 4.79 Å². The van der Waals surface area contributed by atoms with Gasteiger partial charge in [0.05, 0.1) is 14.2 Å². The van der Waals surface area contributed by atoms with Gasteiger partial charge >= 0.3 is 0 Å². The van der Waals surface area contributed by atoms with Gasteiger partial charge in [-0.05, 0) is 25.1 Å². The summed E-state index contributed by atoms with van der Waals surface area (Å²) < 4.78 is 16.0. The standard InChI is InChI=1S/C14H16N2O4S/c1-9(17)6-7-21-14-16-15-13(20-14)10-4-5-11(18-2)12(8-10)19-3/h4-5,8H,6-7H2,1-3H3. The third-order valence-electron chi connectivity index (χ3n) is 2.72. The summed E-state index contributed by atoms with van der Waals surface area (Å²) in [6.07, 6.45) is 0.485. The van der Waals surface area contributed by atoms with E-state index in [0.717, 1.165) is 5.56 Å². The van der Waals surface area contributed by atoms with Crippen LogP contribution in [0.5, 0.6) is 11.5 Å². The summed E-state index contributed by atoms with van der Waals surface area (Å²) in [5, 5.41) is 8.39. The molecule has 6 nitrogen and oxygen atoms in total. The Morgan fingerprint density at radius 3 is 2.67 bits per heavy atom. The molecule has 0 N–H and O–H groups in total. The summed E-state index contributed by atoms with van der Waals surface area (Å²) in [6.45, 7) is 1.56. The highest BCUT2D eigenvalue weighted by Gasteiger charge is 2.12. The van der Waals surface area contributed by atoms with Crippen LogP contribution in [0.4, 0.5) is 0 Å². The van der Waals surface area contributed by atoms with Gasteiger partial charge in [0.1, 0.15) is 5.78 Å². The Morgan fingerprint density at radius 2 is 2.00 bits per heavy atom. The lowest BCUT2D eigenvalue weighted by atomic mass is 10.2. The van der Waals surface area contributed by atoms with E-state index in [4.69, 9.17) is 13.9 Å². The molecular formula is C14H16N2O4S. The second-order valence-electron chi connectivity index (χ2n) is 4.24. The molecule has 0 aliphatic heterocycles. The van der Waals surface area contributed by atoms with Gasteiger partial charge in [-0.1, -0.05) is 11.8 Å². The number of carbonyl (C=O) groups is 1. The summed E-state index contributed by atoms with van der Waals surface area (Å²) in [6, 6.07) is 5.37. The minimum atomic E-state index is 0.141. The maximum Gasteiger partial charge on any atom is 0.276 e. The zero-order valence-corrected chi connectivity index (χ0v) is 12.9. The molecule has 0 saturated heterocycles. The smallest absolute Gasteiger partial charge is 0.276 e. The molecule has 0 bridgehead atoms. The Balaban J connectivity index is 2.12. The zero-order valence-electron chi connectivity index (χ0n) is 12.1. The van der Waals surface area contributed by atoms with Gasteiger partial charge in [0.2, 0.25) is 5.89 Å². The van der Waals surface area contributed by atoms with Crippen molar-refractivity contribution in [1.82, 2.24) is 10.2 Å². The largest absolute Gasteiger partial charge is 0.493 e. The number of Topliss-reactive ketones (excluding diaryl/α,β-unsaturated/α-hetero) is 1. The van der Waals surface area contributed by atoms with Crippen molar-refractivity contribution >= 4 is 17.5 Å². The molecule has 21 heavy (non-hydrogen) atoms. The van der Waals surface area contributed by atoms with Crippen LogP contribution >= 0.6 is 11.8 Å². The molecule has 1 heterocycles. The predicted octanol–water partition coefficient (Wildman–Crippen LogP) is 2.83. The molecule has 112 valence electrons. The molecule has 2 aromatic rings. The van der Waals surface area contributed by atoms with Gasteiger partial charge in [0.25, 0.3) is 5.22 Å². The first-order valence-electron chi connectivity index (χ1n) is 6.32. The van der Waals surface area contributed by atoms with Gasteiger partial charge < -0.3 is 13.9 Å². The number of ether oxygens (including phenoxy) is 2. The lowest BCUT2D eigenvalue weighted by Crippen LogP contribution is -1.91. The summed E-state index contributed by atoms with van der Waals surface area (Å²) in [5.41, 5.74) is 0.749. The summed E-state index contributed by atoms with van der Waals surface area (Å²) >= 11 is 1.36. The van der Waals surface area contributed by atoms with E-state index < -0.39 is 0 Å². The molecular weight excluding hydrogens is 292 g/mol. The number of methoxy groups -OCH3 is 2. The van der Waals surface area contributed by atoms with E-state index in [1.807, 2.05) is 6.07 Å². The van der Waals surface area contributed by atoms with Crippen molar-refractivity contribution in [2.75, 3.05) is 20.0 Å². The minimum Gasteiger partial charge on any atom is -0.493 e. The Labute approximate surface area is 126 Å². The molecule has 0 radical (unpaired) electrons. The number of thioether (sulfide) groups is 1. The first kappa shape index (κ1) is 15.4. The SMILES string of the molecule is COc1ccc(-c2nnc(SCCC(C)=O)o2)cc1OC.